The van der Waals surface area contributed by atoms with Crippen molar-refractivity contribution in [1.29, 1.82) is 0 Å². The van der Waals surface area contributed by atoms with Gasteiger partial charge in [0, 0.05) is 25.1 Å². The summed E-state index contributed by atoms with van der Waals surface area (Å²) >= 11 is 0. The first-order chi connectivity index (χ1) is 9.76. The largest absolute Gasteiger partial charge is 0.491 e. The molecule has 1 aromatic carbocycles. The van der Waals surface area contributed by atoms with Gasteiger partial charge in [-0.05, 0) is 30.7 Å². The monoisotopic (exact) mass is 274 g/mol. The second kappa shape index (κ2) is 5.64. The smallest absolute Gasteiger partial charge is 0.126 e. The lowest BCUT2D eigenvalue weighted by Crippen LogP contribution is -2.27. The highest BCUT2D eigenvalue weighted by molar-refractivity contribution is 5.81. The molecule has 20 heavy (non-hydrogen) atoms. The number of anilines is 1. The van der Waals surface area contributed by atoms with Gasteiger partial charge < -0.3 is 19.9 Å². The third-order valence-corrected chi connectivity index (χ3v) is 3.51. The van der Waals surface area contributed by atoms with E-state index in [1.54, 1.807) is 0 Å². The van der Waals surface area contributed by atoms with Crippen molar-refractivity contribution in [2.45, 2.75) is 18.6 Å². The lowest BCUT2D eigenvalue weighted by Gasteiger charge is -2.15. The molecule has 0 bridgehead atoms. The van der Waals surface area contributed by atoms with Gasteiger partial charge in [0.15, 0.2) is 0 Å². The van der Waals surface area contributed by atoms with E-state index < -0.39 is 6.10 Å². The fraction of sp³-hybridized carbons (Fsp3) is 0.400. The molecule has 1 fully saturated rings. The van der Waals surface area contributed by atoms with Gasteiger partial charge in [0.2, 0.25) is 0 Å². The Kier molecular flexibility index (Phi) is 3.71. The van der Waals surface area contributed by atoms with Gasteiger partial charge in [-0.15, -0.1) is 0 Å². The highest BCUT2D eigenvalue weighted by Gasteiger charge is 2.26. The molecule has 0 saturated carbocycles. The van der Waals surface area contributed by atoms with Crippen LogP contribution in [0.15, 0.2) is 30.3 Å². The van der Waals surface area contributed by atoms with Crippen LogP contribution in [0.3, 0.4) is 0 Å². The van der Waals surface area contributed by atoms with E-state index >= 15 is 0 Å². The normalized spacial score (nSPS) is 22.1. The molecule has 106 valence electrons. The Hall–Kier alpha value is -1.85. The van der Waals surface area contributed by atoms with E-state index in [4.69, 9.17) is 9.47 Å². The quantitative estimate of drug-likeness (QED) is 0.890. The van der Waals surface area contributed by atoms with Crippen molar-refractivity contribution in [3.8, 4) is 5.75 Å². The number of fused-ring (bicyclic) bond motifs is 1. The minimum atomic E-state index is -0.426. The lowest BCUT2D eigenvalue weighted by molar-refractivity contribution is 0.0110. The number of aromatic nitrogens is 1. The summed E-state index contributed by atoms with van der Waals surface area (Å²) in [5.41, 5.74) is 0.877. The average Bonchev–Trinajstić information content (AvgIpc) is 2.89. The highest BCUT2D eigenvalue weighted by Crippen LogP contribution is 2.22. The Morgan fingerprint density at radius 3 is 3.00 bits per heavy atom. The van der Waals surface area contributed by atoms with Gasteiger partial charge >= 0.3 is 0 Å². The number of nitrogens with one attached hydrogen (secondary N) is 1. The van der Waals surface area contributed by atoms with Gasteiger partial charge in [-0.1, -0.05) is 0 Å². The SMILES string of the molecule is CNc1ccc2ccc(OCC3OCCC3O)cc2n1. The van der Waals surface area contributed by atoms with Crippen molar-refractivity contribution in [2.24, 2.45) is 0 Å². The zero-order valence-corrected chi connectivity index (χ0v) is 11.4. The van der Waals surface area contributed by atoms with Crippen molar-refractivity contribution in [3.63, 3.8) is 0 Å². The molecule has 3 rings (SSSR count). The van der Waals surface area contributed by atoms with Gasteiger partial charge in [0.05, 0.1) is 11.6 Å². The predicted octanol–water partition coefficient (Wildman–Crippen LogP) is 1.81. The molecule has 2 N–H and O–H groups in total. The van der Waals surface area contributed by atoms with E-state index in [1.165, 1.54) is 0 Å². The van der Waals surface area contributed by atoms with Crippen molar-refractivity contribution in [1.82, 2.24) is 4.98 Å². The molecule has 1 saturated heterocycles. The molecule has 1 aromatic heterocycles. The van der Waals surface area contributed by atoms with Crippen LogP contribution in [-0.2, 0) is 4.74 Å². The molecule has 0 amide bonds. The Balaban J connectivity index is 1.74. The van der Waals surface area contributed by atoms with E-state index in [2.05, 4.69) is 10.3 Å². The topological polar surface area (TPSA) is 63.6 Å². The average molecular weight is 274 g/mol. The molecule has 0 spiro atoms. The first kappa shape index (κ1) is 13.1. The van der Waals surface area contributed by atoms with Gasteiger partial charge in [-0.2, -0.15) is 0 Å². The second-order valence-electron chi connectivity index (χ2n) is 4.88. The van der Waals surface area contributed by atoms with Crippen LogP contribution >= 0.6 is 0 Å². The highest BCUT2D eigenvalue weighted by atomic mass is 16.5. The third kappa shape index (κ3) is 2.69. The summed E-state index contributed by atoms with van der Waals surface area (Å²) in [5, 5.41) is 13.8. The van der Waals surface area contributed by atoms with Gasteiger partial charge in [-0.25, -0.2) is 4.98 Å². The van der Waals surface area contributed by atoms with Crippen LogP contribution in [-0.4, -0.2) is 42.6 Å². The fourth-order valence-corrected chi connectivity index (χ4v) is 2.30. The minimum absolute atomic E-state index is 0.234. The van der Waals surface area contributed by atoms with Crippen LogP contribution in [0.5, 0.6) is 5.75 Å². The number of hydrogen-bond donors (Lipinski definition) is 2. The number of aliphatic hydroxyl groups excluding tert-OH is 1. The summed E-state index contributed by atoms with van der Waals surface area (Å²) in [7, 11) is 1.84. The minimum Gasteiger partial charge on any atom is -0.491 e. The van der Waals surface area contributed by atoms with E-state index in [9.17, 15) is 5.11 Å². The number of nitrogens with zero attached hydrogens (tertiary/aromatic N) is 1. The van der Waals surface area contributed by atoms with E-state index in [0.717, 1.165) is 22.5 Å². The summed E-state index contributed by atoms with van der Waals surface area (Å²) < 4.78 is 11.1. The van der Waals surface area contributed by atoms with Crippen LogP contribution in [0.25, 0.3) is 10.9 Å². The fourth-order valence-electron chi connectivity index (χ4n) is 2.30. The molecule has 1 aliphatic rings. The Morgan fingerprint density at radius 1 is 1.40 bits per heavy atom. The zero-order chi connectivity index (χ0) is 13.9. The first-order valence-electron chi connectivity index (χ1n) is 6.77. The summed E-state index contributed by atoms with van der Waals surface area (Å²) in [6.45, 7) is 0.957. The first-order valence-corrected chi connectivity index (χ1v) is 6.77. The summed E-state index contributed by atoms with van der Waals surface area (Å²) in [5.74, 6) is 1.56. The molecular formula is C15H18N2O3. The van der Waals surface area contributed by atoms with Crippen molar-refractivity contribution in [2.75, 3.05) is 25.6 Å². The Bertz CT molecular complexity index is 603. The molecule has 0 radical (unpaired) electrons. The molecular weight excluding hydrogens is 256 g/mol. The van der Waals surface area contributed by atoms with E-state index in [0.29, 0.717) is 19.6 Å². The number of rotatable bonds is 4. The second-order valence-corrected chi connectivity index (χ2v) is 4.88. The van der Waals surface area contributed by atoms with Gasteiger partial charge in [-0.3, -0.25) is 0 Å². The molecule has 5 heteroatoms. The van der Waals surface area contributed by atoms with Crippen LogP contribution in [0, 0.1) is 0 Å². The van der Waals surface area contributed by atoms with Crippen LogP contribution in [0.1, 0.15) is 6.42 Å². The molecule has 0 aliphatic carbocycles. The van der Waals surface area contributed by atoms with E-state index in [1.807, 2.05) is 37.4 Å². The summed E-state index contributed by atoms with van der Waals surface area (Å²) in [4.78, 5) is 4.48. The Labute approximate surface area is 117 Å². The van der Waals surface area contributed by atoms with Crippen molar-refractivity contribution in [3.05, 3.63) is 30.3 Å². The van der Waals surface area contributed by atoms with Crippen LogP contribution < -0.4 is 10.1 Å². The third-order valence-electron chi connectivity index (χ3n) is 3.51. The number of hydrogen-bond acceptors (Lipinski definition) is 5. The predicted molar refractivity (Wildman–Crippen MR) is 77.1 cm³/mol. The maximum atomic E-state index is 9.68. The van der Waals surface area contributed by atoms with Crippen molar-refractivity contribution >= 4 is 16.7 Å². The Morgan fingerprint density at radius 2 is 2.25 bits per heavy atom. The molecule has 5 nitrogen and oxygen atoms in total. The van der Waals surface area contributed by atoms with E-state index in [-0.39, 0.29) is 6.10 Å². The molecule has 2 atom stereocenters. The number of benzene rings is 1. The number of ether oxygens (including phenoxy) is 2. The zero-order valence-electron chi connectivity index (χ0n) is 11.4. The van der Waals surface area contributed by atoms with Crippen molar-refractivity contribution < 1.29 is 14.6 Å². The molecule has 1 aliphatic heterocycles. The van der Waals surface area contributed by atoms with Crippen LogP contribution in [0.2, 0.25) is 0 Å². The lowest BCUT2D eigenvalue weighted by atomic mass is 10.2. The molecule has 2 unspecified atom stereocenters. The van der Waals surface area contributed by atoms with Crippen LogP contribution in [0.4, 0.5) is 5.82 Å². The van der Waals surface area contributed by atoms with Gasteiger partial charge in [0.1, 0.15) is 24.3 Å². The number of pyridine rings is 1. The molecule has 2 aromatic rings. The summed E-state index contributed by atoms with van der Waals surface area (Å²) in [6, 6.07) is 9.73. The summed E-state index contributed by atoms with van der Waals surface area (Å²) in [6.07, 6.45) is 0.0190. The van der Waals surface area contributed by atoms with Gasteiger partial charge in [0.25, 0.3) is 0 Å². The standard InChI is InChI=1S/C15H18N2O3/c1-16-15-5-3-10-2-4-11(8-12(10)17-15)20-9-14-13(18)6-7-19-14/h2-5,8,13-14,18H,6-7,9H2,1H3,(H,16,17). The molecule has 2 heterocycles. The maximum absolute atomic E-state index is 9.68. The number of aliphatic hydroxyl groups is 1. The maximum Gasteiger partial charge on any atom is 0.126 e.